The number of alkyl halides is 2. The molecule has 2 rings (SSSR count). The highest BCUT2D eigenvalue weighted by Crippen LogP contribution is 2.15. The molecule has 1 saturated heterocycles. The molecule has 0 amide bonds. The average molecular weight is 497 g/mol. The smallest absolute Gasteiger partial charge is 0.387 e. The van der Waals surface area contributed by atoms with Crippen molar-refractivity contribution in [2.24, 2.45) is 4.99 Å². The summed E-state index contributed by atoms with van der Waals surface area (Å²) >= 11 is 0. The van der Waals surface area contributed by atoms with Gasteiger partial charge in [0, 0.05) is 52.9 Å². The highest BCUT2D eigenvalue weighted by Gasteiger charge is 2.22. The summed E-state index contributed by atoms with van der Waals surface area (Å²) < 4.78 is 28.8. The maximum atomic E-state index is 12.2. The van der Waals surface area contributed by atoms with Gasteiger partial charge in [-0.3, -0.25) is 9.89 Å². The zero-order valence-electron chi connectivity index (χ0n) is 16.4. The molecule has 1 aromatic rings. The van der Waals surface area contributed by atoms with Crippen molar-refractivity contribution in [1.82, 2.24) is 20.0 Å². The number of guanidine groups is 1. The highest BCUT2D eigenvalue weighted by molar-refractivity contribution is 14.0. The van der Waals surface area contributed by atoms with Crippen molar-refractivity contribution in [3.63, 3.8) is 0 Å². The highest BCUT2D eigenvalue weighted by atomic mass is 127. The van der Waals surface area contributed by atoms with Crippen molar-refractivity contribution in [1.29, 1.82) is 0 Å². The number of ether oxygens (including phenoxy) is 1. The Balaban J connectivity index is 0.00000364. The summed E-state index contributed by atoms with van der Waals surface area (Å²) in [5.41, 5.74) is 0.992. The number of nitrogens with zero attached hydrogens (tertiary/aromatic N) is 4. The summed E-state index contributed by atoms with van der Waals surface area (Å²) in [4.78, 5) is 11.1. The van der Waals surface area contributed by atoms with E-state index in [1.54, 1.807) is 31.3 Å². The normalized spacial score (nSPS) is 18.9. The van der Waals surface area contributed by atoms with E-state index in [1.165, 1.54) is 0 Å². The third-order valence-corrected chi connectivity index (χ3v) is 4.62. The molecule has 9 heteroatoms. The Morgan fingerprint density at radius 1 is 1.30 bits per heavy atom. The number of likely N-dealkylation sites (N-methyl/N-ethyl adjacent to an activating group) is 2. The second kappa shape index (κ2) is 11.6. The molecule has 0 radical (unpaired) electrons. The first-order valence-electron chi connectivity index (χ1n) is 8.73. The van der Waals surface area contributed by atoms with E-state index >= 15 is 0 Å². The van der Waals surface area contributed by atoms with Crippen LogP contribution in [-0.2, 0) is 6.54 Å². The molecule has 0 bridgehead atoms. The van der Waals surface area contributed by atoms with Gasteiger partial charge in [0.2, 0.25) is 0 Å². The van der Waals surface area contributed by atoms with Crippen LogP contribution >= 0.6 is 24.0 Å². The van der Waals surface area contributed by atoms with Gasteiger partial charge in [0.1, 0.15) is 5.75 Å². The molecule has 154 valence electrons. The van der Waals surface area contributed by atoms with Crippen LogP contribution in [0.5, 0.6) is 5.75 Å². The second-order valence-electron chi connectivity index (χ2n) is 6.70. The number of aliphatic imine (C=N–C) groups is 1. The molecule has 0 spiro atoms. The van der Waals surface area contributed by atoms with E-state index in [9.17, 15) is 8.78 Å². The van der Waals surface area contributed by atoms with Gasteiger partial charge in [0.25, 0.3) is 0 Å². The van der Waals surface area contributed by atoms with Crippen LogP contribution in [-0.4, -0.2) is 87.7 Å². The van der Waals surface area contributed by atoms with Gasteiger partial charge in [-0.05, 0) is 31.8 Å². The van der Waals surface area contributed by atoms with Crippen LogP contribution in [0.3, 0.4) is 0 Å². The Hall–Kier alpha value is -1.20. The van der Waals surface area contributed by atoms with Gasteiger partial charge in [-0.25, -0.2) is 0 Å². The predicted octanol–water partition coefficient (Wildman–Crippen LogP) is 2.16. The molecule has 1 aliphatic heterocycles. The monoisotopic (exact) mass is 497 g/mol. The number of nitrogens with one attached hydrogen (secondary N) is 1. The van der Waals surface area contributed by atoms with Crippen molar-refractivity contribution in [2.45, 2.75) is 19.2 Å². The van der Waals surface area contributed by atoms with Crippen molar-refractivity contribution in [3.8, 4) is 5.75 Å². The number of halogens is 3. The lowest BCUT2D eigenvalue weighted by atomic mass is 10.2. The summed E-state index contributed by atoms with van der Waals surface area (Å²) in [6.45, 7) is 1.81. The van der Waals surface area contributed by atoms with Crippen molar-refractivity contribution >= 4 is 29.9 Å². The van der Waals surface area contributed by atoms with E-state index in [4.69, 9.17) is 0 Å². The van der Waals surface area contributed by atoms with Gasteiger partial charge < -0.3 is 19.9 Å². The minimum Gasteiger partial charge on any atom is -0.435 e. The summed E-state index contributed by atoms with van der Waals surface area (Å²) in [5.74, 6) is 0.970. The SMILES string of the molecule is CN=C(NCC1CN(C)CCN1C)N(C)Cc1ccc(OC(F)F)cc1.I. The molecule has 6 nitrogen and oxygen atoms in total. The zero-order valence-corrected chi connectivity index (χ0v) is 18.7. The third kappa shape index (κ3) is 7.74. The fourth-order valence-corrected chi connectivity index (χ4v) is 3.04. The first kappa shape index (κ1) is 23.8. The maximum absolute atomic E-state index is 12.2. The Kier molecular flexibility index (Phi) is 10.2. The summed E-state index contributed by atoms with van der Waals surface area (Å²) in [5, 5.41) is 3.43. The van der Waals surface area contributed by atoms with Crippen molar-refractivity contribution < 1.29 is 13.5 Å². The molecule has 1 N–H and O–H groups in total. The Morgan fingerprint density at radius 3 is 2.56 bits per heavy atom. The van der Waals surface area contributed by atoms with Crippen molar-refractivity contribution in [2.75, 3.05) is 54.4 Å². The van der Waals surface area contributed by atoms with Crippen LogP contribution in [0, 0.1) is 0 Å². The fourth-order valence-electron chi connectivity index (χ4n) is 3.04. The molecule has 0 aromatic heterocycles. The number of benzene rings is 1. The Morgan fingerprint density at radius 2 is 1.96 bits per heavy atom. The van der Waals surface area contributed by atoms with Crippen LogP contribution in [0.25, 0.3) is 0 Å². The lowest BCUT2D eigenvalue weighted by Gasteiger charge is -2.38. The molecule has 0 saturated carbocycles. The third-order valence-electron chi connectivity index (χ3n) is 4.62. The van der Waals surface area contributed by atoms with Crippen LogP contribution < -0.4 is 10.1 Å². The molecule has 1 aliphatic rings. The minimum absolute atomic E-state index is 0. The van der Waals surface area contributed by atoms with Gasteiger partial charge in [-0.2, -0.15) is 8.78 Å². The molecule has 0 aliphatic carbocycles. The van der Waals surface area contributed by atoms with Crippen molar-refractivity contribution in [3.05, 3.63) is 29.8 Å². The summed E-state index contributed by atoms with van der Waals surface area (Å²) in [6.07, 6.45) is 0. The van der Waals surface area contributed by atoms with E-state index < -0.39 is 6.61 Å². The standard InChI is InChI=1S/C18H29F2N5O.HI/c1-21-18(22-11-15-13-23(2)9-10-24(15)3)25(4)12-14-5-7-16(8-6-14)26-17(19)20;/h5-8,15,17H,9-13H2,1-4H3,(H,21,22);1H. The van der Waals surface area contributed by atoms with Crippen LogP contribution in [0.2, 0.25) is 0 Å². The fraction of sp³-hybridized carbons (Fsp3) is 0.611. The Labute approximate surface area is 177 Å². The van der Waals surface area contributed by atoms with E-state index in [0.717, 1.165) is 37.7 Å². The summed E-state index contributed by atoms with van der Waals surface area (Å²) in [6, 6.07) is 7.11. The van der Waals surface area contributed by atoms with Gasteiger partial charge >= 0.3 is 6.61 Å². The first-order valence-corrected chi connectivity index (χ1v) is 8.73. The molecule has 1 aromatic carbocycles. The second-order valence-corrected chi connectivity index (χ2v) is 6.70. The van der Waals surface area contributed by atoms with Gasteiger partial charge in [0.05, 0.1) is 0 Å². The molecule has 27 heavy (non-hydrogen) atoms. The topological polar surface area (TPSA) is 43.3 Å². The predicted molar refractivity (Wildman–Crippen MR) is 115 cm³/mol. The lowest BCUT2D eigenvalue weighted by Crippen LogP contribution is -2.55. The number of rotatable bonds is 6. The molecule has 1 heterocycles. The molecule has 1 atom stereocenters. The van der Waals surface area contributed by atoms with Crippen LogP contribution in [0.15, 0.2) is 29.3 Å². The van der Waals surface area contributed by atoms with Crippen LogP contribution in [0.1, 0.15) is 5.56 Å². The summed E-state index contributed by atoms with van der Waals surface area (Å²) in [7, 11) is 8.00. The first-order chi connectivity index (χ1) is 12.4. The molecule has 1 fully saturated rings. The number of piperazine rings is 1. The lowest BCUT2D eigenvalue weighted by molar-refractivity contribution is -0.0498. The maximum Gasteiger partial charge on any atom is 0.387 e. The van der Waals surface area contributed by atoms with E-state index in [-0.39, 0.29) is 29.7 Å². The van der Waals surface area contributed by atoms with Crippen LogP contribution in [0.4, 0.5) is 8.78 Å². The van der Waals surface area contributed by atoms with E-state index in [1.807, 2.05) is 11.9 Å². The number of hydrogen-bond donors (Lipinski definition) is 1. The zero-order chi connectivity index (χ0) is 19.1. The van der Waals surface area contributed by atoms with E-state index in [2.05, 4.69) is 38.9 Å². The van der Waals surface area contributed by atoms with E-state index in [0.29, 0.717) is 12.6 Å². The molecule has 1 unspecified atom stereocenters. The molecular formula is C18H30F2IN5O. The van der Waals surface area contributed by atoms with Gasteiger partial charge in [0.15, 0.2) is 5.96 Å². The largest absolute Gasteiger partial charge is 0.435 e. The quantitative estimate of drug-likeness (QED) is 0.371. The average Bonchev–Trinajstić information content (AvgIpc) is 2.59. The number of hydrogen-bond acceptors (Lipinski definition) is 4. The Bertz CT molecular complexity index is 588. The molecular weight excluding hydrogens is 467 g/mol. The van der Waals surface area contributed by atoms with Gasteiger partial charge in [-0.1, -0.05) is 12.1 Å². The minimum atomic E-state index is -2.80. The van der Waals surface area contributed by atoms with Gasteiger partial charge in [-0.15, -0.1) is 24.0 Å².